The first-order chi connectivity index (χ1) is 14.0. The van der Waals surface area contributed by atoms with Gasteiger partial charge in [-0.05, 0) is 55.7 Å². The first-order valence-corrected chi connectivity index (χ1v) is 10.8. The van der Waals surface area contributed by atoms with Crippen LogP contribution in [-0.2, 0) is 4.79 Å². The summed E-state index contributed by atoms with van der Waals surface area (Å²) in [6.45, 7) is 4.16. The Hall–Kier alpha value is -2.57. The van der Waals surface area contributed by atoms with E-state index in [9.17, 15) is 14.4 Å². The maximum Gasteiger partial charge on any atom is 0.324 e. The van der Waals surface area contributed by atoms with Crippen LogP contribution in [0, 0.1) is 17.8 Å². The number of anilines is 2. The van der Waals surface area contributed by atoms with Crippen LogP contribution in [0.15, 0.2) is 18.2 Å². The number of hydrogen-bond donors (Lipinski definition) is 2. The summed E-state index contributed by atoms with van der Waals surface area (Å²) in [6, 6.07) is 4.87. The number of fused-ring (bicyclic) bond motifs is 2. The lowest BCUT2D eigenvalue weighted by Crippen LogP contribution is -2.47. The lowest BCUT2D eigenvalue weighted by atomic mass is 10.1. The van der Waals surface area contributed by atoms with Crippen LogP contribution < -0.4 is 15.5 Å². The topological polar surface area (TPSA) is 81.8 Å². The smallest absolute Gasteiger partial charge is 0.324 e. The molecule has 5 rings (SSSR count). The molecule has 4 amide bonds. The van der Waals surface area contributed by atoms with Crippen LogP contribution in [0.25, 0.3) is 0 Å². The fourth-order valence-corrected chi connectivity index (χ4v) is 4.67. The molecule has 0 spiro atoms. The standard InChI is InChI=1S/C22H28N4O3/c1-13-8-20(27)24-18-5-4-15(21(28)23-7-6-14-2-3-14)10-19(18)26(13)22(29)25-11-16-9-17(16)12-25/h4-5,10,13-14,16-17H,2-3,6-9,11-12H2,1H3,(H,23,28)(H,24,27)/t13-,16?,17?/m1/s1. The summed E-state index contributed by atoms with van der Waals surface area (Å²) < 4.78 is 0. The zero-order valence-corrected chi connectivity index (χ0v) is 16.8. The van der Waals surface area contributed by atoms with E-state index < -0.39 is 0 Å². The molecule has 2 aliphatic heterocycles. The molecule has 2 N–H and O–H groups in total. The third kappa shape index (κ3) is 3.70. The number of carbonyl (C=O) groups excluding carboxylic acids is 3. The molecule has 29 heavy (non-hydrogen) atoms. The molecule has 0 aromatic heterocycles. The predicted molar refractivity (Wildman–Crippen MR) is 110 cm³/mol. The normalized spacial score (nSPS) is 27.6. The van der Waals surface area contributed by atoms with E-state index >= 15 is 0 Å². The van der Waals surface area contributed by atoms with Crippen molar-refractivity contribution in [3.05, 3.63) is 23.8 Å². The molecular formula is C22H28N4O3. The van der Waals surface area contributed by atoms with Gasteiger partial charge in [0.1, 0.15) is 0 Å². The third-order valence-corrected chi connectivity index (χ3v) is 6.71. The van der Waals surface area contributed by atoms with E-state index in [1.165, 1.54) is 19.3 Å². The van der Waals surface area contributed by atoms with Gasteiger partial charge in [0.2, 0.25) is 5.91 Å². The van der Waals surface area contributed by atoms with Crippen LogP contribution in [0.3, 0.4) is 0 Å². The molecular weight excluding hydrogens is 368 g/mol. The lowest BCUT2D eigenvalue weighted by molar-refractivity contribution is -0.116. The second-order valence-electron chi connectivity index (χ2n) is 9.13. The van der Waals surface area contributed by atoms with Gasteiger partial charge < -0.3 is 15.5 Å². The zero-order chi connectivity index (χ0) is 20.1. The summed E-state index contributed by atoms with van der Waals surface area (Å²) in [5.74, 6) is 1.80. The highest BCUT2D eigenvalue weighted by atomic mass is 16.2. The van der Waals surface area contributed by atoms with Gasteiger partial charge in [-0.2, -0.15) is 0 Å². The van der Waals surface area contributed by atoms with E-state index in [1.54, 1.807) is 23.1 Å². The Balaban J connectivity index is 1.40. The number of likely N-dealkylation sites (tertiary alicyclic amines) is 1. The number of urea groups is 1. The maximum atomic E-state index is 13.3. The van der Waals surface area contributed by atoms with Crippen molar-refractivity contribution in [3.8, 4) is 0 Å². The molecule has 4 aliphatic rings. The minimum atomic E-state index is -0.270. The highest BCUT2D eigenvalue weighted by molar-refractivity contribution is 6.06. The lowest BCUT2D eigenvalue weighted by Gasteiger charge is -2.32. The second kappa shape index (κ2) is 7.04. The zero-order valence-electron chi connectivity index (χ0n) is 16.8. The fraction of sp³-hybridized carbons (Fsp3) is 0.591. The Morgan fingerprint density at radius 1 is 1.21 bits per heavy atom. The van der Waals surface area contributed by atoms with Crippen molar-refractivity contribution in [1.82, 2.24) is 10.2 Å². The minimum absolute atomic E-state index is 0.0614. The molecule has 1 aromatic carbocycles. The summed E-state index contributed by atoms with van der Waals surface area (Å²) in [5, 5.41) is 5.88. The highest BCUT2D eigenvalue weighted by Gasteiger charge is 2.48. The van der Waals surface area contributed by atoms with Crippen LogP contribution in [0.4, 0.5) is 16.2 Å². The average Bonchev–Trinajstić information content (AvgIpc) is 3.61. The van der Waals surface area contributed by atoms with E-state index in [0.717, 1.165) is 25.4 Å². The summed E-state index contributed by atoms with van der Waals surface area (Å²) >= 11 is 0. The van der Waals surface area contributed by atoms with Gasteiger partial charge in [-0.25, -0.2) is 4.79 Å². The largest absolute Gasteiger partial charge is 0.352 e. The summed E-state index contributed by atoms with van der Waals surface area (Å²) in [7, 11) is 0. The minimum Gasteiger partial charge on any atom is -0.352 e. The van der Waals surface area contributed by atoms with Gasteiger partial charge in [0.05, 0.1) is 11.4 Å². The van der Waals surface area contributed by atoms with Gasteiger partial charge in [0, 0.05) is 37.7 Å². The number of hydrogen-bond acceptors (Lipinski definition) is 3. The molecule has 1 saturated heterocycles. The van der Waals surface area contributed by atoms with Gasteiger partial charge >= 0.3 is 6.03 Å². The molecule has 2 unspecified atom stereocenters. The van der Waals surface area contributed by atoms with Crippen LogP contribution in [0.5, 0.6) is 0 Å². The van der Waals surface area contributed by atoms with Gasteiger partial charge in [-0.3, -0.25) is 14.5 Å². The number of nitrogens with zero attached hydrogens (tertiary/aromatic N) is 2. The SMILES string of the molecule is C[C@@H]1CC(=O)Nc2ccc(C(=O)NCCC3CC3)cc2N1C(=O)N1CC2CC2C1. The predicted octanol–water partition coefficient (Wildman–Crippen LogP) is 2.83. The molecule has 2 heterocycles. The van der Waals surface area contributed by atoms with Crippen molar-refractivity contribution >= 4 is 29.2 Å². The van der Waals surface area contributed by atoms with Crippen molar-refractivity contribution in [2.24, 2.45) is 17.8 Å². The van der Waals surface area contributed by atoms with E-state index in [1.807, 2.05) is 11.8 Å². The van der Waals surface area contributed by atoms with E-state index in [4.69, 9.17) is 0 Å². The van der Waals surface area contributed by atoms with Gasteiger partial charge in [0.15, 0.2) is 0 Å². The number of nitrogens with one attached hydrogen (secondary N) is 2. The number of carbonyl (C=O) groups is 3. The number of benzene rings is 1. The first-order valence-electron chi connectivity index (χ1n) is 10.8. The first kappa shape index (κ1) is 18.5. The molecule has 1 aromatic rings. The molecule has 3 atom stereocenters. The molecule has 3 fully saturated rings. The Morgan fingerprint density at radius 2 is 1.97 bits per heavy atom. The third-order valence-electron chi connectivity index (χ3n) is 6.71. The number of amides is 4. The molecule has 0 bridgehead atoms. The van der Waals surface area contributed by atoms with E-state index in [0.29, 0.717) is 35.3 Å². The number of piperidine rings is 1. The van der Waals surface area contributed by atoms with E-state index in [-0.39, 0.29) is 30.3 Å². The summed E-state index contributed by atoms with van der Waals surface area (Å²) in [4.78, 5) is 41.9. The van der Waals surface area contributed by atoms with Crippen LogP contribution in [-0.4, -0.2) is 48.4 Å². The average molecular weight is 396 g/mol. The van der Waals surface area contributed by atoms with Crippen LogP contribution >= 0.6 is 0 Å². The summed E-state index contributed by atoms with van der Waals surface area (Å²) in [6.07, 6.45) is 5.01. The Morgan fingerprint density at radius 3 is 2.69 bits per heavy atom. The van der Waals surface area contributed by atoms with Crippen molar-refractivity contribution in [1.29, 1.82) is 0 Å². The molecule has 7 heteroatoms. The van der Waals surface area contributed by atoms with Crippen LogP contribution in [0.2, 0.25) is 0 Å². The van der Waals surface area contributed by atoms with E-state index in [2.05, 4.69) is 10.6 Å². The quantitative estimate of drug-likeness (QED) is 0.821. The maximum absolute atomic E-state index is 13.3. The Labute approximate surface area is 170 Å². The van der Waals surface area contributed by atoms with Crippen molar-refractivity contribution in [3.63, 3.8) is 0 Å². The summed E-state index contributed by atoms with van der Waals surface area (Å²) in [5.41, 5.74) is 1.72. The molecule has 0 radical (unpaired) electrons. The van der Waals surface area contributed by atoms with Crippen LogP contribution in [0.1, 0.15) is 49.4 Å². The molecule has 7 nitrogen and oxygen atoms in total. The fourth-order valence-electron chi connectivity index (χ4n) is 4.67. The Kier molecular flexibility index (Phi) is 4.48. The van der Waals surface area contributed by atoms with Crippen molar-refractivity contribution in [2.75, 3.05) is 29.9 Å². The second-order valence-corrected chi connectivity index (χ2v) is 9.13. The van der Waals surface area contributed by atoms with Crippen molar-refractivity contribution < 1.29 is 14.4 Å². The van der Waals surface area contributed by atoms with Gasteiger partial charge in [-0.15, -0.1) is 0 Å². The molecule has 2 aliphatic carbocycles. The van der Waals surface area contributed by atoms with Gasteiger partial charge in [0.25, 0.3) is 5.91 Å². The van der Waals surface area contributed by atoms with Gasteiger partial charge in [-0.1, -0.05) is 12.8 Å². The molecule has 2 saturated carbocycles. The van der Waals surface area contributed by atoms with Crippen molar-refractivity contribution in [2.45, 2.75) is 45.1 Å². The Bertz CT molecular complexity index is 856. The monoisotopic (exact) mass is 396 g/mol. The highest BCUT2D eigenvalue weighted by Crippen LogP contribution is 2.46. The molecule has 154 valence electrons. The number of rotatable bonds is 4.